The number of rotatable bonds is 6. The van der Waals surface area contributed by atoms with Gasteiger partial charge < -0.3 is 4.74 Å². The smallest absolute Gasteiger partial charge is 0.271 e. The maximum absolute atomic E-state index is 12.5. The molecule has 0 radical (unpaired) electrons. The van der Waals surface area contributed by atoms with Crippen molar-refractivity contribution in [1.29, 1.82) is 0 Å². The van der Waals surface area contributed by atoms with Gasteiger partial charge in [0.2, 0.25) is 0 Å². The number of nitrogens with one attached hydrogen (secondary N) is 1. The van der Waals surface area contributed by atoms with Crippen LogP contribution < -0.4 is 10.2 Å². The van der Waals surface area contributed by atoms with Crippen LogP contribution in [0.15, 0.2) is 84.0 Å². The number of carbonyl (C=O) groups excluding carboxylic acids is 1. The predicted molar refractivity (Wildman–Crippen MR) is 119 cm³/mol. The molecule has 1 N–H and O–H groups in total. The second-order valence-electron chi connectivity index (χ2n) is 6.81. The minimum Gasteiger partial charge on any atom is -0.493 e. The second kappa shape index (κ2) is 8.57. The first kappa shape index (κ1) is 18.7. The Balaban J connectivity index is 1.59. The molecule has 4 aromatic carbocycles. The number of hydrogen-bond donors (Lipinski definition) is 1. The Kier molecular flexibility index (Phi) is 5.52. The minimum absolute atomic E-state index is 0.247. The number of ether oxygens (including phenoxy) is 1. The molecule has 1 amide bonds. The highest BCUT2D eigenvalue weighted by Gasteiger charge is 2.08. The van der Waals surface area contributed by atoms with Crippen LogP contribution in [0.3, 0.4) is 0 Å². The number of benzene rings is 4. The molecule has 0 atom stereocenters. The fourth-order valence-corrected chi connectivity index (χ4v) is 3.30. The van der Waals surface area contributed by atoms with Crippen molar-refractivity contribution >= 4 is 33.7 Å². The van der Waals surface area contributed by atoms with E-state index in [1.165, 1.54) is 0 Å². The number of hydrazone groups is 1. The number of fused-ring (bicyclic) bond motifs is 2. The Bertz CT molecular complexity index is 1200. The Morgan fingerprint density at radius 1 is 0.931 bits per heavy atom. The molecule has 29 heavy (non-hydrogen) atoms. The van der Waals surface area contributed by atoms with Gasteiger partial charge in [-0.25, -0.2) is 5.43 Å². The fraction of sp³-hybridized carbons (Fsp3) is 0.120. The van der Waals surface area contributed by atoms with Crippen LogP contribution in [0.4, 0.5) is 0 Å². The average Bonchev–Trinajstić information content (AvgIpc) is 2.77. The van der Waals surface area contributed by atoms with Gasteiger partial charge in [-0.1, -0.05) is 67.6 Å². The van der Waals surface area contributed by atoms with Gasteiger partial charge in [-0.2, -0.15) is 5.10 Å². The van der Waals surface area contributed by atoms with Crippen LogP contribution in [-0.4, -0.2) is 18.7 Å². The summed E-state index contributed by atoms with van der Waals surface area (Å²) in [5, 5.41) is 8.46. The standard InChI is InChI=1S/C25H22N2O2/c1-2-15-29-24-14-13-19-8-5-6-10-22(19)23(24)17-26-27-25(28)21-12-11-18-7-3-4-9-20(18)16-21/h3-14,16-17H,2,15H2,1H3,(H,27,28)/b26-17-. The topological polar surface area (TPSA) is 50.7 Å². The molecule has 4 rings (SSSR count). The van der Waals surface area contributed by atoms with E-state index in [-0.39, 0.29) is 5.91 Å². The maximum Gasteiger partial charge on any atom is 0.271 e. The summed E-state index contributed by atoms with van der Waals surface area (Å²) in [5.41, 5.74) is 4.06. The summed E-state index contributed by atoms with van der Waals surface area (Å²) < 4.78 is 5.88. The Labute approximate surface area is 169 Å². The van der Waals surface area contributed by atoms with Crippen LogP contribution in [0, 0.1) is 0 Å². The summed E-state index contributed by atoms with van der Waals surface area (Å²) in [4.78, 5) is 12.5. The fourth-order valence-electron chi connectivity index (χ4n) is 3.30. The summed E-state index contributed by atoms with van der Waals surface area (Å²) in [6.45, 7) is 2.70. The molecule has 0 saturated heterocycles. The molecule has 0 unspecified atom stereocenters. The van der Waals surface area contributed by atoms with Crippen molar-refractivity contribution < 1.29 is 9.53 Å². The number of nitrogens with zero attached hydrogens (tertiary/aromatic N) is 1. The Morgan fingerprint density at radius 3 is 2.48 bits per heavy atom. The largest absolute Gasteiger partial charge is 0.493 e. The van der Waals surface area contributed by atoms with E-state index in [9.17, 15) is 4.79 Å². The van der Waals surface area contributed by atoms with Crippen molar-refractivity contribution in [3.8, 4) is 5.75 Å². The lowest BCUT2D eigenvalue weighted by molar-refractivity contribution is 0.0955. The Morgan fingerprint density at radius 2 is 1.66 bits per heavy atom. The van der Waals surface area contributed by atoms with E-state index >= 15 is 0 Å². The molecule has 0 aliphatic rings. The van der Waals surface area contributed by atoms with E-state index in [0.717, 1.165) is 39.3 Å². The van der Waals surface area contributed by atoms with Gasteiger partial charge in [0.25, 0.3) is 5.91 Å². The summed E-state index contributed by atoms with van der Waals surface area (Å²) in [6, 6.07) is 25.6. The van der Waals surface area contributed by atoms with Gasteiger partial charge in [0.05, 0.1) is 12.8 Å². The molecule has 0 bridgehead atoms. The third kappa shape index (κ3) is 4.11. The van der Waals surface area contributed by atoms with Crippen molar-refractivity contribution in [2.24, 2.45) is 5.10 Å². The van der Waals surface area contributed by atoms with E-state index < -0.39 is 0 Å². The summed E-state index contributed by atoms with van der Waals surface area (Å²) >= 11 is 0. The highest BCUT2D eigenvalue weighted by Crippen LogP contribution is 2.27. The van der Waals surface area contributed by atoms with E-state index in [1.54, 1.807) is 12.3 Å². The van der Waals surface area contributed by atoms with E-state index in [4.69, 9.17) is 4.74 Å². The van der Waals surface area contributed by atoms with E-state index in [2.05, 4.69) is 17.5 Å². The van der Waals surface area contributed by atoms with Gasteiger partial charge in [0.1, 0.15) is 5.75 Å². The molecule has 0 heterocycles. The summed E-state index contributed by atoms with van der Waals surface area (Å²) in [7, 11) is 0. The van der Waals surface area contributed by atoms with E-state index in [0.29, 0.717) is 12.2 Å². The molecule has 0 saturated carbocycles. The Hall–Kier alpha value is -3.66. The van der Waals surface area contributed by atoms with Gasteiger partial charge in [0, 0.05) is 11.1 Å². The highest BCUT2D eigenvalue weighted by atomic mass is 16.5. The third-order valence-corrected chi connectivity index (χ3v) is 4.76. The lowest BCUT2D eigenvalue weighted by Gasteiger charge is -2.11. The molecular formula is C25H22N2O2. The van der Waals surface area contributed by atoms with Crippen molar-refractivity contribution in [3.05, 3.63) is 90.0 Å². The first-order valence-corrected chi connectivity index (χ1v) is 9.73. The van der Waals surface area contributed by atoms with E-state index in [1.807, 2.05) is 72.8 Å². The molecule has 4 nitrogen and oxygen atoms in total. The van der Waals surface area contributed by atoms with Crippen molar-refractivity contribution in [2.75, 3.05) is 6.61 Å². The summed E-state index contributed by atoms with van der Waals surface area (Å²) in [5.74, 6) is 0.512. The third-order valence-electron chi connectivity index (χ3n) is 4.76. The van der Waals surface area contributed by atoms with Crippen LogP contribution in [-0.2, 0) is 0 Å². The molecule has 0 aliphatic heterocycles. The van der Waals surface area contributed by atoms with Crippen LogP contribution >= 0.6 is 0 Å². The zero-order chi connectivity index (χ0) is 20.1. The molecule has 0 spiro atoms. The number of amides is 1. The van der Waals surface area contributed by atoms with Crippen LogP contribution in [0.2, 0.25) is 0 Å². The van der Waals surface area contributed by atoms with Crippen LogP contribution in [0.1, 0.15) is 29.3 Å². The van der Waals surface area contributed by atoms with Crippen LogP contribution in [0.5, 0.6) is 5.75 Å². The lowest BCUT2D eigenvalue weighted by atomic mass is 10.0. The monoisotopic (exact) mass is 382 g/mol. The molecule has 0 aromatic heterocycles. The van der Waals surface area contributed by atoms with Crippen molar-refractivity contribution in [1.82, 2.24) is 5.43 Å². The predicted octanol–water partition coefficient (Wildman–Crippen LogP) is 5.55. The quantitative estimate of drug-likeness (QED) is 0.351. The second-order valence-corrected chi connectivity index (χ2v) is 6.81. The van der Waals surface area contributed by atoms with Gasteiger partial charge >= 0.3 is 0 Å². The molecule has 0 fully saturated rings. The SMILES string of the molecule is CCCOc1ccc2ccccc2c1/C=N\NC(=O)c1ccc2ccccc2c1. The van der Waals surface area contributed by atoms with Gasteiger partial charge in [-0.15, -0.1) is 0 Å². The highest BCUT2D eigenvalue weighted by molar-refractivity contribution is 6.03. The maximum atomic E-state index is 12.5. The average molecular weight is 382 g/mol. The normalized spacial score (nSPS) is 11.2. The van der Waals surface area contributed by atoms with Gasteiger partial charge in [-0.3, -0.25) is 4.79 Å². The molecular weight excluding hydrogens is 360 g/mol. The molecule has 4 aromatic rings. The van der Waals surface area contributed by atoms with Crippen molar-refractivity contribution in [2.45, 2.75) is 13.3 Å². The molecule has 0 aliphatic carbocycles. The zero-order valence-electron chi connectivity index (χ0n) is 16.3. The lowest BCUT2D eigenvalue weighted by Crippen LogP contribution is -2.17. The van der Waals surface area contributed by atoms with Crippen molar-refractivity contribution in [3.63, 3.8) is 0 Å². The number of carbonyl (C=O) groups is 1. The van der Waals surface area contributed by atoms with Gasteiger partial charge in [0.15, 0.2) is 0 Å². The molecule has 4 heteroatoms. The van der Waals surface area contributed by atoms with Gasteiger partial charge in [-0.05, 0) is 46.2 Å². The number of hydrogen-bond acceptors (Lipinski definition) is 3. The first-order valence-electron chi connectivity index (χ1n) is 9.73. The minimum atomic E-state index is -0.247. The first-order chi connectivity index (χ1) is 14.3. The molecule has 144 valence electrons. The zero-order valence-corrected chi connectivity index (χ0v) is 16.3. The summed E-state index contributed by atoms with van der Waals surface area (Å²) in [6.07, 6.45) is 2.58. The van der Waals surface area contributed by atoms with Crippen LogP contribution in [0.25, 0.3) is 21.5 Å².